The Balaban J connectivity index is 1.47. The lowest BCUT2D eigenvalue weighted by Gasteiger charge is -2.37. The second-order valence-corrected chi connectivity index (χ2v) is 7.55. The van der Waals surface area contributed by atoms with E-state index in [1.165, 1.54) is 5.56 Å². The highest BCUT2D eigenvalue weighted by Crippen LogP contribution is 2.31. The number of benzene rings is 1. The molecule has 0 bridgehead atoms. The molecule has 5 heteroatoms. The summed E-state index contributed by atoms with van der Waals surface area (Å²) < 4.78 is 17.0. The van der Waals surface area contributed by atoms with E-state index in [0.717, 1.165) is 18.6 Å². The highest BCUT2D eigenvalue weighted by atomic mass is 16.7. The predicted octanol–water partition coefficient (Wildman–Crippen LogP) is 2.73. The van der Waals surface area contributed by atoms with Crippen molar-refractivity contribution < 1.29 is 19.0 Å². The molecule has 0 N–H and O–H groups in total. The largest absolute Gasteiger partial charge is 0.484 e. The fraction of sp³-hybridized carbons (Fsp3) is 0.632. The summed E-state index contributed by atoms with van der Waals surface area (Å²) in [6.45, 7) is 9.22. The third-order valence-electron chi connectivity index (χ3n) is 4.77. The van der Waals surface area contributed by atoms with Crippen molar-refractivity contribution in [2.24, 2.45) is 0 Å². The number of rotatable bonds is 3. The molecule has 3 rings (SSSR count). The van der Waals surface area contributed by atoms with Gasteiger partial charge >= 0.3 is 0 Å². The maximum absolute atomic E-state index is 12.3. The van der Waals surface area contributed by atoms with E-state index >= 15 is 0 Å². The van der Waals surface area contributed by atoms with Crippen LogP contribution in [0.1, 0.15) is 39.2 Å². The van der Waals surface area contributed by atoms with E-state index in [-0.39, 0.29) is 17.9 Å². The third-order valence-corrected chi connectivity index (χ3v) is 4.77. The van der Waals surface area contributed by atoms with Gasteiger partial charge in [-0.05, 0) is 23.1 Å². The van der Waals surface area contributed by atoms with Crippen LogP contribution in [0.2, 0.25) is 0 Å². The normalized spacial score (nSPS) is 20.4. The minimum atomic E-state index is -0.444. The lowest BCUT2D eigenvalue weighted by Crippen LogP contribution is -2.48. The van der Waals surface area contributed by atoms with E-state index in [0.29, 0.717) is 26.3 Å². The Bertz CT molecular complexity index is 560. The van der Waals surface area contributed by atoms with E-state index < -0.39 is 5.79 Å². The van der Waals surface area contributed by atoms with Crippen LogP contribution in [0.4, 0.5) is 0 Å². The van der Waals surface area contributed by atoms with Gasteiger partial charge in [-0.3, -0.25) is 4.79 Å². The first kappa shape index (κ1) is 17.2. The lowest BCUT2D eigenvalue weighted by atomic mass is 9.87. The van der Waals surface area contributed by atoms with Crippen LogP contribution in [-0.2, 0) is 19.7 Å². The maximum Gasteiger partial charge on any atom is 0.260 e. The summed E-state index contributed by atoms with van der Waals surface area (Å²) in [6, 6.07) is 7.97. The minimum Gasteiger partial charge on any atom is -0.484 e. The second kappa shape index (κ2) is 6.73. The van der Waals surface area contributed by atoms with Crippen molar-refractivity contribution in [3.63, 3.8) is 0 Å². The zero-order valence-electron chi connectivity index (χ0n) is 14.8. The van der Waals surface area contributed by atoms with Gasteiger partial charge in [0.05, 0.1) is 13.2 Å². The van der Waals surface area contributed by atoms with Crippen molar-refractivity contribution >= 4 is 5.91 Å². The number of likely N-dealkylation sites (tertiary alicyclic amines) is 1. The number of carbonyl (C=O) groups is 1. The summed E-state index contributed by atoms with van der Waals surface area (Å²) in [4.78, 5) is 14.2. The zero-order valence-corrected chi connectivity index (χ0v) is 14.8. The fourth-order valence-electron chi connectivity index (χ4n) is 3.17. The molecule has 0 radical (unpaired) electrons. The van der Waals surface area contributed by atoms with Gasteiger partial charge in [0.25, 0.3) is 5.91 Å². The number of amides is 1. The summed E-state index contributed by atoms with van der Waals surface area (Å²) in [5, 5.41) is 0. The molecule has 5 nitrogen and oxygen atoms in total. The Hall–Kier alpha value is -1.59. The van der Waals surface area contributed by atoms with Crippen LogP contribution in [0.5, 0.6) is 5.75 Å². The maximum atomic E-state index is 12.3. The molecule has 2 aliphatic rings. The zero-order chi connectivity index (χ0) is 17.2. The molecule has 24 heavy (non-hydrogen) atoms. The van der Waals surface area contributed by atoms with Crippen LogP contribution in [0.3, 0.4) is 0 Å². The number of hydrogen-bond donors (Lipinski definition) is 0. The SMILES string of the molecule is CC(C)(C)c1ccc(OCC(=O)N2CCC3(CC2)OCCO3)cc1. The molecular formula is C19H27NO4. The van der Waals surface area contributed by atoms with Crippen LogP contribution in [0.15, 0.2) is 24.3 Å². The monoisotopic (exact) mass is 333 g/mol. The number of carbonyl (C=O) groups excluding carboxylic acids is 1. The van der Waals surface area contributed by atoms with Crippen molar-refractivity contribution in [3.8, 4) is 5.75 Å². The summed E-state index contributed by atoms with van der Waals surface area (Å²) in [5.41, 5.74) is 1.36. The summed E-state index contributed by atoms with van der Waals surface area (Å²) >= 11 is 0. The van der Waals surface area contributed by atoms with Crippen molar-refractivity contribution in [1.29, 1.82) is 0 Å². The van der Waals surface area contributed by atoms with Gasteiger partial charge in [-0.15, -0.1) is 0 Å². The van der Waals surface area contributed by atoms with Gasteiger partial charge < -0.3 is 19.1 Å². The molecule has 0 atom stereocenters. The molecule has 1 spiro atoms. The van der Waals surface area contributed by atoms with Crippen LogP contribution >= 0.6 is 0 Å². The molecule has 132 valence electrons. The number of piperidine rings is 1. The number of hydrogen-bond acceptors (Lipinski definition) is 4. The van der Waals surface area contributed by atoms with E-state index in [2.05, 4.69) is 32.9 Å². The smallest absolute Gasteiger partial charge is 0.260 e. The van der Waals surface area contributed by atoms with Crippen molar-refractivity contribution in [2.45, 2.75) is 44.8 Å². The summed E-state index contributed by atoms with van der Waals surface area (Å²) in [5.74, 6) is 0.301. The molecule has 2 saturated heterocycles. The van der Waals surface area contributed by atoms with E-state index in [1.807, 2.05) is 17.0 Å². The molecule has 2 aliphatic heterocycles. The Morgan fingerprint density at radius 3 is 2.25 bits per heavy atom. The van der Waals surface area contributed by atoms with Crippen molar-refractivity contribution in [3.05, 3.63) is 29.8 Å². The van der Waals surface area contributed by atoms with E-state index in [4.69, 9.17) is 14.2 Å². The number of nitrogens with zero attached hydrogens (tertiary/aromatic N) is 1. The van der Waals surface area contributed by atoms with Crippen LogP contribution in [-0.4, -0.2) is 49.5 Å². The number of ether oxygens (including phenoxy) is 3. The average Bonchev–Trinajstić information content (AvgIpc) is 3.01. The molecule has 1 aromatic rings. The van der Waals surface area contributed by atoms with Gasteiger partial charge in [0.15, 0.2) is 12.4 Å². The lowest BCUT2D eigenvalue weighted by molar-refractivity contribution is -0.187. The summed E-state index contributed by atoms with van der Waals surface area (Å²) in [6.07, 6.45) is 1.47. The van der Waals surface area contributed by atoms with E-state index in [1.54, 1.807) is 0 Å². The van der Waals surface area contributed by atoms with Crippen molar-refractivity contribution in [2.75, 3.05) is 32.9 Å². The first-order chi connectivity index (χ1) is 11.4. The molecule has 0 saturated carbocycles. The molecular weight excluding hydrogens is 306 g/mol. The topological polar surface area (TPSA) is 48.0 Å². The van der Waals surface area contributed by atoms with Gasteiger partial charge in [-0.2, -0.15) is 0 Å². The molecule has 0 aromatic heterocycles. The van der Waals surface area contributed by atoms with Crippen LogP contribution in [0.25, 0.3) is 0 Å². The molecule has 2 fully saturated rings. The Kier molecular flexibility index (Phi) is 4.83. The molecule has 0 aliphatic carbocycles. The Morgan fingerprint density at radius 1 is 1.12 bits per heavy atom. The minimum absolute atomic E-state index is 0.0164. The third kappa shape index (κ3) is 3.90. The average molecular weight is 333 g/mol. The predicted molar refractivity (Wildman–Crippen MR) is 91.1 cm³/mol. The van der Waals surface area contributed by atoms with Gasteiger partial charge in [0.2, 0.25) is 0 Å². The fourth-order valence-corrected chi connectivity index (χ4v) is 3.17. The van der Waals surface area contributed by atoms with Gasteiger partial charge in [0.1, 0.15) is 5.75 Å². The van der Waals surface area contributed by atoms with Crippen molar-refractivity contribution in [1.82, 2.24) is 4.90 Å². The van der Waals surface area contributed by atoms with Gasteiger partial charge in [-0.1, -0.05) is 32.9 Å². The summed E-state index contributed by atoms with van der Waals surface area (Å²) in [7, 11) is 0. The van der Waals surface area contributed by atoms with E-state index in [9.17, 15) is 4.79 Å². The molecule has 0 unspecified atom stereocenters. The first-order valence-electron chi connectivity index (χ1n) is 8.67. The van der Waals surface area contributed by atoms with Gasteiger partial charge in [-0.25, -0.2) is 0 Å². The van der Waals surface area contributed by atoms with Gasteiger partial charge in [0, 0.05) is 25.9 Å². The quantitative estimate of drug-likeness (QED) is 0.853. The molecule has 1 aromatic carbocycles. The Morgan fingerprint density at radius 2 is 1.71 bits per heavy atom. The first-order valence-corrected chi connectivity index (χ1v) is 8.67. The standard InChI is InChI=1S/C19H27NO4/c1-18(2,3)15-4-6-16(7-5-15)22-14-17(21)20-10-8-19(9-11-20)23-12-13-24-19/h4-7H,8-14H2,1-3H3. The van der Waals surface area contributed by atoms with Crippen LogP contribution < -0.4 is 4.74 Å². The van der Waals surface area contributed by atoms with Crippen LogP contribution in [0, 0.1) is 0 Å². The Labute approximate surface area is 143 Å². The highest BCUT2D eigenvalue weighted by Gasteiger charge is 2.40. The highest BCUT2D eigenvalue weighted by molar-refractivity contribution is 5.77. The molecule has 2 heterocycles. The molecule has 1 amide bonds. The second-order valence-electron chi connectivity index (χ2n) is 7.55.